The van der Waals surface area contributed by atoms with Crippen LogP contribution >= 0.6 is 0 Å². The van der Waals surface area contributed by atoms with Crippen LogP contribution in [0.5, 0.6) is 11.5 Å². The number of nitrogens with zero attached hydrogens (tertiary/aromatic N) is 3. The first kappa shape index (κ1) is 64.2. The number of hydrogen-bond acceptors (Lipinski definition) is 13. The van der Waals surface area contributed by atoms with Crippen LogP contribution in [0.2, 0.25) is 0 Å². The van der Waals surface area contributed by atoms with Gasteiger partial charge < -0.3 is 50.7 Å². The zero-order chi connectivity index (χ0) is 57.7. The van der Waals surface area contributed by atoms with Gasteiger partial charge in [0, 0.05) is 69.8 Å². The first-order valence-corrected chi connectivity index (χ1v) is 28.2. The fourth-order valence-corrected chi connectivity index (χ4v) is 10.0. The van der Waals surface area contributed by atoms with Gasteiger partial charge in [-0.05, 0) is 82.3 Å². The molecule has 6 amide bonds. The number of hydrogen-bond donors (Lipinski definition) is 6. The van der Waals surface area contributed by atoms with Crippen molar-refractivity contribution in [3.8, 4) is 22.6 Å². The fourth-order valence-electron chi connectivity index (χ4n) is 10.0. The third-order valence-electron chi connectivity index (χ3n) is 14.7. The summed E-state index contributed by atoms with van der Waals surface area (Å²) in [5.41, 5.74) is 0.0849. The second-order valence-corrected chi connectivity index (χ2v) is 22.3. The summed E-state index contributed by atoms with van der Waals surface area (Å²) in [6.45, 7) is 9.41. The maximum atomic E-state index is 14.4. The Morgan fingerprint density at radius 2 is 1.38 bits per heavy atom. The lowest BCUT2D eigenvalue weighted by Crippen LogP contribution is -2.53. The molecule has 2 aliphatic rings. The van der Waals surface area contributed by atoms with E-state index in [1.807, 2.05) is 0 Å². The highest BCUT2D eigenvalue weighted by molar-refractivity contribution is 5.97. The number of carbonyl (C=O) groups excluding carboxylic acids is 9. The maximum Gasteiger partial charge on any atom is 0.329 e. The molecule has 0 spiro atoms. The van der Waals surface area contributed by atoms with Gasteiger partial charge in [0.15, 0.2) is 11.6 Å². The van der Waals surface area contributed by atoms with Crippen LogP contribution in [-0.4, -0.2) is 147 Å². The molecule has 4 rings (SSSR count). The molecule has 0 unspecified atom stereocenters. The standard InChI is InChI=1S/C59H88N6O13/c1-9-10-11-12-13-14-15-16-17-18-19-20-21-24-51(71)63(7)46(37-66)57(76)61-39(3)47(67)29-30-52(72)64(8)54-41-26-28-49(69)43(35-41)42-33-40(25-27-48(42)68)34-44(62-55(74)38(2)32-50(54)70)56(75)60-36-53(73)65-31-22-23-45(65)58(77)78-59(4,5)6/h25-28,33,35,38-39,44-46,54,66,68-69H,9-24,29-32,34,36-37H2,1-8H3,(H,60,75)(H,61,76)(H,62,74)/t38-,39-,44+,45+,46-,54+/m1/s1. The van der Waals surface area contributed by atoms with Crippen molar-refractivity contribution < 1.29 is 63.2 Å². The molecule has 6 N–H and O–H groups in total. The minimum absolute atomic E-state index is 0.0873. The Hall–Kier alpha value is -6.37. The molecule has 0 radical (unpaired) electrons. The summed E-state index contributed by atoms with van der Waals surface area (Å²) in [5, 5.41) is 40.3. The number of carbonyl (C=O) groups is 9. The normalized spacial score (nSPS) is 18.4. The number of ketones is 2. The number of phenols is 2. The maximum absolute atomic E-state index is 14.4. The molecule has 0 aromatic heterocycles. The van der Waals surface area contributed by atoms with Crippen LogP contribution in [0.3, 0.4) is 0 Å². The second-order valence-electron chi connectivity index (χ2n) is 22.3. The summed E-state index contributed by atoms with van der Waals surface area (Å²) in [4.78, 5) is 126. The third kappa shape index (κ3) is 19.5. The van der Waals surface area contributed by atoms with Gasteiger partial charge in [0.1, 0.15) is 41.3 Å². The van der Waals surface area contributed by atoms with Crippen molar-refractivity contribution in [2.24, 2.45) is 5.92 Å². The van der Waals surface area contributed by atoms with Gasteiger partial charge in [0.2, 0.25) is 35.4 Å². The van der Waals surface area contributed by atoms with Crippen LogP contribution in [0.25, 0.3) is 11.1 Å². The number of likely N-dealkylation sites (tertiary alicyclic amines) is 1. The molecule has 2 aromatic rings. The van der Waals surface area contributed by atoms with Gasteiger partial charge in [0.25, 0.3) is 0 Å². The van der Waals surface area contributed by atoms with Gasteiger partial charge in [0.05, 0.1) is 19.2 Å². The van der Waals surface area contributed by atoms with Crippen LogP contribution in [0.1, 0.15) is 181 Å². The monoisotopic (exact) mass is 1090 g/mol. The number of aliphatic hydroxyl groups is 1. The summed E-state index contributed by atoms with van der Waals surface area (Å²) in [6, 6.07) is 2.71. The van der Waals surface area contributed by atoms with Crippen LogP contribution in [-0.2, 0) is 54.3 Å². The topological polar surface area (TPSA) is 269 Å². The van der Waals surface area contributed by atoms with Gasteiger partial charge in [-0.15, -0.1) is 0 Å². The summed E-state index contributed by atoms with van der Waals surface area (Å²) in [6.07, 6.45) is 14.9. The Bertz CT molecular complexity index is 2400. The molecular formula is C59H88N6O13. The lowest BCUT2D eigenvalue weighted by molar-refractivity contribution is -0.163. The van der Waals surface area contributed by atoms with Gasteiger partial charge in [-0.2, -0.15) is 0 Å². The number of likely N-dealkylation sites (N-methyl/N-ethyl adjacent to an activating group) is 2. The molecule has 432 valence electrons. The van der Waals surface area contributed by atoms with E-state index in [-0.39, 0.29) is 59.9 Å². The highest BCUT2D eigenvalue weighted by Gasteiger charge is 2.38. The van der Waals surface area contributed by atoms with Crippen LogP contribution in [0, 0.1) is 5.92 Å². The van der Waals surface area contributed by atoms with Gasteiger partial charge in [-0.3, -0.25) is 38.4 Å². The van der Waals surface area contributed by atoms with E-state index >= 15 is 0 Å². The number of unbranched alkanes of at least 4 members (excludes halogenated alkanes) is 12. The molecule has 4 bridgehead atoms. The molecule has 1 saturated heterocycles. The number of nitrogens with one attached hydrogen (secondary N) is 3. The summed E-state index contributed by atoms with van der Waals surface area (Å²) >= 11 is 0. The molecule has 2 heterocycles. The lowest BCUT2D eigenvalue weighted by Gasteiger charge is -2.30. The number of fused-ring (bicyclic) bond motifs is 5. The van der Waals surface area contributed by atoms with Crippen LogP contribution in [0.15, 0.2) is 36.4 Å². The average molecular weight is 1090 g/mol. The Kier molecular flexibility index (Phi) is 25.7. The number of Topliss-reactive ketones (excluding diaryl/α,β-unsaturated/α-hetero) is 2. The Balaban J connectivity index is 1.39. The van der Waals surface area contributed by atoms with Crippen molar-refractivity contribution >= 4 is 53.0 Å². The number of esters is 1. The summed E-state index contributed by atoms with van der Waals surface area (Å²) < 4.78 is 5.52. The Morgan fingerprint density at radius 3 is 1.99 bits per heavy atom. The Labute approximate surface area is 461 Å². The molecule has 2 aliphatic heterocycles. The van der Waals surface area contributed by atoms with Crippen molar-refractivity contribution in [3.63, 3.8) is 0 Å². The molecular weight excluding hydrogens is 1000 g/mol. The molecule has 2 aromatic carbocycles. The highest BCUT2D eigenvalue weighted by Crippen LogP contribution is 2.39. The van der Waals surface area contributed by atoms with E-state index in [2.05, 4.69) is 22.9 Å². The van der Waals surface area contributed by atoms with Crippen molar-refractivity contribution in [2.45, 2.75) is 206 Å². The van der Waals surface area contributed by atoms with E-state index in [0.717, 1.165) is 24.2 Å². The molecule has 19 nitrogen and oxygen atoms in total. The minimum atomic E-state index is -1.37. The number of ether oxygens (including phenoxy) is 1. The van der Waals surface area contributed by atoms with Crippen molar-refractivity contribution in [1.29, 1.82) is 0 Å². The molecule has 0 aliphatic carbocycles. The van der Waals surface area contributed by atoms with Crippen molar-refractivity contribution in [1.82, 2.24) is 30.7 Å². The molecule has 1 fully saturated rings. The smallest absolute Gasteiger partial charge is 0.329 e. The fraction of sp³-hybridized carbons (Fsp3) is 0.644. The van der Waals surface area contributed by atoms with Crippen molar-refractivity contribution in [3.05, 3.63) is 47.5 Å². The number of benzene rings is 2. The number of rotatable bonds is 27. The van der Waals surface area contributed by atoms with E-state index in [1.165, 1.54) is 132 Å². The molecule has 19 heteroatoms. The van der Waals surface area contributed by atoms with E-state index in [9.17, 15) is 58.5 Å². The SMILES string of the molecule is CCCCCCCCCCCCCCCC(=O)N(C)[C@H](CO)C(=O)N[C@H](C)C(=O)CCC(=O)N(C)[C@@H]1C(=O)C[C@@H](C)C(=O)N[C@H](C(=O)NCC(=O)N2CCC[C@H]2C(=O)OC(C)(C)C)Cc2ccc(O)c(c2)-c2cc1ccc2O. The van der Waals surface area contributed by atoms with E-state index in [0.29, 0.717) is 24.8 Å². The zero-order valence-corrected chi connectivity index (χ0v) is 47.5. The number of amides is 6. The number of aliphatic hydroxyl groups excluding tert-OH is 1. The molecule has 6 atom stereocenters. The predicted molar refractivity (Wildman–Crippen MR) is 295 cm³/mol. The lowest BCUT2D eigenvalue weighted by atomic mass is 9.89. The van der Waals surface area contributed by atoms with Crippen molar-refractivity contribution in [2.75, 3.05) is 33.8 Å². The zero-order valence-electron chi connectivity index (χ0n) is 47.5. The predicted octanol–water partition coefficient (Wildman–Crippen LogP) is 6.50. The van der Waals surface area contributed by atoms with Crippen LogP contribution < -0.4 is 16.0 Å². The minimum Gasteiger partial charge on any atom is -0.507 e. The average Bonchev–Trinajstić information content (AvgIpc) is 3.90. The molecule has 0 saturated carbocycles. The van der Waals surface area contributed by atoms with E-state index in [4.69, 9.17) is 4.74 Å². The Morgan fingerprint density at radius 1 is 0.795 bits per heavy atom. The first-order chi connectivity index (χ1) is 37.0. The van der Waals surface area contributed by atoms with E-state index in [1.54, 1.807) is 20.8 Å². The number of phenolic OH excluding ortho intramolecular Hbond substituents is 2. The summed E-state index contributed by atoms with van der Waals surface area (Å²) in [5.74, 6) is -6.95. The van der Waals surface area contributed by atoms with E-state index < -0.39 is 115 Å². The summed E-state index contributed by atoms with van der Waals surface area (Å²) in [7, 11) is 2.79. The quantitative estimate of drug-likeness (QED) is 0.0412. The van der Waals surface area contributed by atoms with Gasteiger partial charge in [-0.1, -0.05) is 103 Å². The third-order valence-corrected chi connectivity index (χ3v) is 14.7. The van der Waals surface area contributed by atoms with Crippen LogP contribution in [0.4, 0.5) is 0 Å². The second kappa shape index (κ2) is 31.3. The largest absolute Gasteiger partial charge is 0.507 e. The molecule has 78 heavy (non-hydrogen) atoms. The van der Waals surface area contributed by atoms with Gasteiger partial charge >= 0.3 is 5.97 Å². The number of aromatic hydroxyl groups is 2. The van der Waals surface area contributed by atoms with Gasteiger partial charge in [-0.25, -0.2) is 4.79 Å². The first-order valence-electron chi connectivity index (χ1n) is 28.2. The highest BCUT2D eigenvalue weighted by atomic mass is 16.6.